The molecule has 1 rings (SSSR count). The van der Waals surface area contributed by atoms with Crippen LogP contribution in [0.3, 0.4) is 0 Å². The number of hydrogen-bond acceptors (Lipinski definition) is 5. The molecule has 8 heteroatoms. The number of ether oxygens (including phenoxy) is 1. The Morgan fingerprint density at radius 1 is 1.53 bits per heavy atom. The molecule has 1 amide bonds. The normalized spacial score (nSPS) is 25.1. The van der Waals surface area contributed by atoms with Gasteiger partial charge in [0.05, 0.1) is 6.10 Å². The second-order valence-electron chi connectivity index (χ2n) is 3.68. The van der Waals surface area contributed by atoms with Crippen molar-refractivity contribution in [2.75, 3.05) is 0 Å². The molecule has 0 aromatic carbocycles. The summed E-state index contributed by atoms with van der Waals surface area (Å²) in [5, 5.41) is 0. The summed E-state index contributed by atoms with van der Waals surface area (Å²) in [5.41, 5.74) is 5.41. The summed E-state index contributed by atoms with van der Waals surface area (Å²) in [4.78, 5) is 11.0. The largest absolute Gasteiger partial charge is 0.446 e. The number of carbonyl (C=O) groups excluding carboxylic acids is 1. The maximum absolute atomic E-state index is 11.2. The second-order valence-corrected chi connectivity index (χ2v) is 5.13. The first-order valence-electron chi connectivity index (χ1n) is 4.56. The molecule has 4 N–H and O–H groups in total. The SMILES string of the molecule is CC(C)OC(=O)NS(=O)(=O)NC1CC1N. The molecule has 0 aromatic heterocycles. The average molecular weight is 237 g/mol. The van der Waals surface area contributed by atoms with E-state index in [9.17, 15) is 13.2 Å². The zero-order valence-corrected chi connectivity index (χ0v) is 9.37. The van der Waals surface area contributed by atoms with Crippen molar-refractivity contribution in [2.24, 2.45) is 5.73 Å². The van der Waals surface area contributed by atoms with E-state index in [4.69, 9.17) is 5.73 Å². The summed E-state index contributed by atoms with van der Waals surface area (Å²) in [5.74, 6) is 0. The first kappa shape index (κ1) is 12.2. The van der Waals surface area contributed by atoms with Crippen LogP contribution in [-0.4, -0.2) is 32.7 Å². The number of hydrogen-bond donors (Lipinski definition) is 3. The Morgan fingerprint density at radius 3 is 2.47 bits per heavy atom. The highest BCUT2D eigenvalue weighted by atomic mass is 32.2. The predicted octanol–water partition coefficient (Wildman–Crippen LogP) is -0.945. The molecular formula is C7H15N3O4S. The van der Waals surface area contributed by atoms with E-state index in [0.717, 1.165) is 0 Å². The van der Waals surface area contributed by atoms with Gasteiger partial charge in [-0.2, -0.15) is 13.1 Å². The van der Waals surface area contributed by atoms with E-state index in [1.54, 1.807) is 18.6 Å². The third-order valence-corrected chi connectivity index (χ3v) is 2.76. The van der Waals surface area contributed by atoms with Crippen LogP contribution in [0.2, 0.25) is 0 Å². The maximum atomic E-state index is 11.2. The van der Waals surface area contributed by atoms with Gasteiger partial charge in [0.25, 0.3) is 0 Å². The molecule has 0 bridgehead atoms. The molecule has 1 aliphatic rings. The number of nitrogens with one attached hydrogen (secondary N) is 2. The molecule has 1 fully saturated rings. The van der Waals surface area contributed by atoms with E-state index in [1.165, 1.54) is 0 Å². The van der Waals surface area contributed by atoms with Crippen LogP contribution in [0.1, 0.15) is 20.3 Å². The van der Waals surface area contributed by atoms with E-state index in [2.05, 4.69) is 9.46 Å². The van der Waals surface area contributed by atoms with Crippen molar-refractivity contribution in [2.45, 2.75) is 38.5 Å². The highest BCUT2D eigenvalue weighted by Crippen LogP contribution is 2.18. The Hall–Kier alpha value is -0.860. The molecule has 0 aromatic rings. The van der Waals surface area contributed by atoms with Crippen LogP contribution in [0, 0.1) is 0 Å². The van der Waals surface area contributed by atoms with Gasteiger partial charge >= 0.3 is 16.3 Å². The molecule has 1 aliphatic carbocycles. The summed E-state index contributed by atoms with van der Waals surface area (Å²) in [6.07, 6.45) is -0.782. The average Bonchev–Trinajstić information content (AvgIpc) is 2.60. The van der Waals surface area contributed by atoms with Gasteiger partial charge in [-0.25, -0.2) is 9.52 Å². The summed E-state index contributed by atoms with van der Waals surface area (Å²) in [6.45, 7) is 3.24. The minimum Gasteiger partial charge on any atom is -0.446 e. The Bertz CT molecular complexity index is 340. The lowest BCUT2D eigenvalue weighted by molar-refractivity contribution is 0.121. The van der Waals surface area contributed by atoms with Gasteiger partial charge < -0.3 is 10.5 Å². The molecule has 0 aliphatic heterocycles. The molecule has 0 heterocycles. The van der Waals surface area contributed by atoms with Gasteiger partial charge in [0.15, 0.2) is 0 Å². The smallest absolute Gasteiger partial charge is 0.422 e. The van der Waals surface area contributed by atoms with Crippen molar-refractivity contribution in [3.05, 3.63) is 0 Å². The van der Waals surface area contributed by atoms with Crippen molar-refractivity contribution >= 4 is 16.3 Å². The van der Waals surface area contributed by atoms with Crippen LogP contribution >= 0.6 is 0 Å². The van der Waals surface area contributed by atoms with Gasteiger partial charge in [0.1, 0.15) is 0 Å². The van der Waals surface area contributed by atoms with Crippen LogP contribution < -0.4 is 15.2 Å². The molecule has 0 spiro atoms. The highest BCUT2D eigenvalue weighted by molar-refractivity contribution is 7.88. The minimum atomic E-state index is -3.85. The van der Waals surface area contributed by atoms with E-state index < -0.39 is 16.3 Å². The number of amides is 1. The summed E-state index contributed by atoms with van der Waals surface area (Å²) in [6, 6.07) is -0.447. The molecular weight excluding hydrogens is 222 g/mol. The fourth-order valence-corrected chi connectivity index (χ4v) is 1.92. The van der Waals surface area contributed by atoms with Crippen molar-refractivity contribution in [3.63, 3.8) is 0 Å². The van der Waals surface area contributed by atoms with Gasteiger partial charge in [0, 0.05) is 12.1 Å². The standard InChI is InChI=1S/C7H15N3O4S/c1-4(2)14-7(11)10-15(12,13)9-6-3-5(6)8/h4-6,9H,3,8H2,1-2H3,(H,10,11). The lowest BCUT2D eigenvalue weighted by atomic mass is 10.5. The fourth-order valence-electron chi connectivity index (χ4n) is 0.927. The lowest BCUT2D eigenvalue weighted by Gasteiger charge is -2.10. The maximum Gasteiger partial charge on any atom is 0.422 e. The van der Waals surface area contributed by atoms with Crippen LogP contribution in [0.15, 0.2) is 0 Å². The first-order chi connectivity index (χ1) is 6.80. The Morgan fingerprint density at radius 2 is 2.07 bits per heavy atom. The number of rotatable bonds is 4. The molecule has 88 valence electrons. The number of nitrogens with two attached hydrogens (primary N) is 1. The van der Waals surface area contributed by atoms with Crippen molar-refractivity contribution in [3.8, 4) is 0 Å². The molecule has 7 nitrogen and oxygen atoms in total. The monoisotopic (exact) mass is 237 g/mol. The molecule has 15 heavy (non-hydrogen) atoms. The molecule has 0 radical (unpaired) electrons. The molecule has 2 unspecified atom stereocenters. The number of carbonyl (C=O) groups is 1. The van der Waals surface area contributed by atoms with Crippen LogP contribution in [0.5, 0.6) is 0 Å². The van der Waals surface area contributed by atoms with Crippen molar-refractivity contribution < 1.29 is 17.9 Å². The summed E-state index contributed by atoms with van der Waals surface area (Å²) >= 11 is 0. The first-order valence-corrected chi connectivity index (χ1v) is 6.05. The van der Waals surface area contributed by atoms with E-state index in [0.29, 0.717) is 6.42 Å². The van der Waals surface area contributed by atoms with Gasteiger partial charge in [-0.05, 0) is 20.3 Å². The third-order valence-electron chi connectivity index (χ3n) is 1.71. The Balaban J connectivity index is 2.38. The van der Waals surface area contributed by atoms with Crippen molar-refractivity contribution in [1.29, 1.82) is 0 Å². The topological polar surface area (TPSA) is 111 Å². The van der Waals surface area contributed by atoms with Gasteiger partial charge in [0.2, 0.25) is 0 Å². The van der Waals surface area contributed by atoms with Crippen LogP contribution in [0.4, 0.5) is 4.79 Å². The Labute approximate surface area is 88.5 Å². The Kier molecular flexibility index (Phi) is 3.53. The molecule has 0 saturated heterocycles. The highest BCUT2D eigenvalue weighted by Gasteiger charge is 2.37. The third kappa shape index (κ3) is 4.45. The van der Waals surface area contributed by atoms with Crippen LogP contribution in [0.25, 0.3) is 0 Å². The quantitative estimate of drug-likeness (QED) is 0.584. The zero-order chi connectivity index (χ0) is 11.6. The molecule has 2 atom stereocenters. The molecule has 1 saturated carbocycles. The van der Waals surface area contributed by atoms with Gasteiger partial charge in [-0.15, -0.1) is 0 Å². The summed E-state index contributed by atoms with van der Waals surface area (Å²) < 4.78 is 31.0. The second kappa shape index (κ2) is 4.33. The van der Waals surface area contributed by atoms with Crippen LogP contribution in [-0.2, 0) is 14.9 Å². The lowest BCUT2D eigenvalue weighted by Crippen LogP contribution is -2.43. The van der Waals surface area contributed by atoms with E-state index >= 15 is 0 Å². The van der Waals surface area contributed by atoms with Gasteiger partial charge in [-0.1, -0.05) is 0 Å². The predicted molar refractivity (Wildman–Crippen MR) is 53.2 cm³/mol. The summed E-state index contributed by atoms with van der Waals surface area (Å²) in [7, 11) is -3.85. The zero-order valence-electron chi connectivity index (χ0n) is 8.56. The van der Waals surface area contributed by atoms with E-state index in [1.807, 2.05) is 0 Å². The fraction of sp³-hybridized carbons (Fsp3) is 0.857. The minimum absolute atomic E-state index is 0.164. The van der Waals surface area contributed by atoms with Crippen molar-refractivity contribution in [1.82, 2.24) is 9.44 Å². The van der Waals surface area contributed by atoms with E-state index in [-0.39, 0.29) is 18.2 Å². The van der Waals surface area contributed by atoms with Gasteiger partial charge in [-0.3, -0.25) is 0 Å².